The maximum atomic E-state index is 12.3. The molecule has 4 heteroatoms. The summed E-state index contributed by atoms with van der Waals surface area (Å²) in [5.41, 5.74) is -0.627. The van der Waals surface area contributed by atoms with E-state index in [1.54, 1.807) is 0 Å². The Morgan fingerprint density at radius 1 is 1.47 bits per heavy atom. The van der Waals surface area contributed by atoms with E-state index in [-0.39, 0.29) is 17.7 Å². The number of nitrogens with one attached hydrogen (secondary N) is 1. The topological polar surface area (TPSA) is 41.6 Å². The highest BCUT2D eigenvalue weighted by Gasteiger charge is 2.40. The molecular formula is C13H26N2O2. The minimum Gasteiger partial charge on any atom is -0.444 e. The van der Waals surface area contributed by atoms with Gasteiger partial charge >= 0.3 is 6.09 Å². The molecule has 100 valence electrons. The van der Waals surface area contributed by atoms with E-state index in [2.05, 4.69) is 26.1 Å². The van der Waals surface area contributed by atoms with E-state index < -0.39 is 5.60 Å². The Labute approximate surface area is 105 Å². The lowest BCUT2D eigenvalue weighted by Crippen LogP contribution is -2.65. The second-order valence-electron chi connectivity index (χ2n) is 6.36. The molecule has 0 radical (unpaired) electrons. The number of ether oxygens (including phenoxy) is 1. The first-order valence-electron chi connectivity index (χ1n) is 6.40. The summed E-state index contributed by atoms with van der Waals surface area (Å²) < 4.78 is 5.50. The van der Waals surface area contributed by atoms with E-state index in [4.69, 9.17) is 4.74 Å². The van der Waals surface area contributed by atoms with Crippen LogP contribution in [0.25, 0.3) is 0 Å². The predicted octanol–water partition coefficient (Wildman–Crippen LogP) is 2.38. The van der Waals surface area contributed by atoms with Gasteiger partial charge in [-0.05, 0) is 41.0 Å². The molecular weight excluding hydrogens is 216 g/mol. The molecule has 1 aliphatic rings. The van der Waals surface area contributed by atoms with Gasteiger partial charge < -0.3 is 10.1 Å². The second-order valence-corrected chi connectivity index (χ2v) is 6.36. The minimum absolute atomic E-state index is 0.193. The Morgan fingerprint density at radius 3 is 2.53 bits per heavy atom. The smallest absolute Gasteiger partial charge is 0.411 e. The molecule has 0 aliphatic carbocycles. The molecule has 1 heterocycles. The van der Waals surface area contributed by atoms with Crippen molar-refractivity contribution in [3.63, 3.8) is 0 Å². The SMILES string of the molecule is CCC1CNCC(C)(C)N1C(=O)OC(C)(C)C. The molecule has 1 fully saturated rings. The van der Waals surface area contributed by atoms with Crippen LogP contribution in [0.3, 0.4) is 0 Å². The molecule has 1 aliphatic heterocycles. The van der Waals surface area contributed by atoms with Gasteiger partial charge in [0.05, 0.1) is 5.54 Å². The molecule has 17 heavy (non-hydrogen) atoms. The standard InChI is InChI=1S/C13H26N2O2/c1-7-10-8-14-9-13(5,6)15(10)11(16)17-12(2,3)4/h10,14H,7-9H2,1-6H3. The Balaban J connectivity index is 2.85. The summed E-state index contributed by atoms with van der Waals surface area (Å²) in [6, 6.07) is 0.216. The minimum atomic E-state index is -0.434. The maximum Gasteiger partial charge on any atom is 0.411 e. The van der Waals surface area contributed by atoms with Crippen LogP contribution >= 0.6 is 0 Å². The van der Waals surface area contributed by atoms with Gasteiger partial charge in [0.1, 0.15) is 5.60 Å². The zero-order valence-corrected chi connectivity index (χ0v) is 12.0. The molecule has 0 bridgehead atoms. The third-order valence-corrected chi connectivity index (χ3v) is 3.02. The van der Waals surface area contributed by atoms with Crippen LogP contribution in [0.2, 0.25) is 0 Å². The number of hydrogen-bond acceptors (Lipinski definition) is 3. The van der Waals surface area contributed by atoms with Gasteiger partial charge in [-0.3, -0.25) is 4.90 Å². The number of hydrogen-bond donors (Lipinski definition) is 1. The van der Waals surface area contributed by atoms with E-state index in [0.29, 0.717) is 0 Å². The molecule has 1 unspecified atom stereocenters. The van der Waals surface area contributed by atoms with Crippen molar-refractivity contribution in [2.75, 3.05) is 13.1 Å². The predicted molar refractivity (Wildman–Crippen MR) is 69.1 cm³/mol. The van der Waals surface area contributed by atoms with Crippen LogP contribution in [0.4, 0.5) is 4.79 Å². The number of amides is 1. The molecule has 1 saturated heterocycles. The number of carbonyl (C=O) groups excluding carboxylic acids is 1. The fraction of sp³-hybridized carbons (Fsp3) is 0.923. The summed E-state index contributed by atoms with van der Waals surface area (Å²) in [6.07, 6.45) is 0.742. The van der Waals surface area contributed by atoms with Crippen molar-refractivity contribution in [2.24, 2.45) is 0 Å². The first kappa shape index (κ1) is 14.3. The van der Waals surface area contributed by atoms with Gasteiger partial charge in [0.25, 0.3) is 0 Å². The van der Waals surface area contributed by atoms with Gasteiger partial charge in [0, 0.05) is 19.1 Å². The molecule has 0 aromatic rings. The lowest BCUT2D eigenvalue weighted by Gasteiger charge is -2.47. The fourth-order valence-electron chi connectivity index (χ4n) is 2.25. The van der Waals surface area contributed by atoms with E-state index in [1.165, 1.54) is 0 Å². The van der Waals surface area contributed by atoms with Crippen molar-refractivity contribution < 1.29 is 9.53 Å². The van der Waals surface area contributed by atoms with E-state index in [0.717, 1.165) is 19.5 Å². The number of piperazine rings is 1. The fourth-order valence-corrected chi connectivity index (χ4v) is 2.25. The van der Waals surface area contributed by atoms with Crippen LogP contribution in [-0.2, 0) is 4.74 Å². The zero-order chi connectivity index (χ0) is 13.3. The second kappa shape index (κ2) is 4.84. The average Bonchev–Trinajstić information content (AvgIpc) is 2.12. The van der Waals surface area contributed by atoms with Crippen LogP contribution in [0.1, 0.15) is 48.0 Å². The zero-order valence-electron chi connectivity index (χ0n) is 12.0. The molecule has 0 aromatic heterocycles. The van der Waals surface area contributed by atoms with Crippen LogP contribution in [-0.4, -0.2) is 41.3 Å². The third kappa shape index (κ3) is 3.60. The summed E-state index contributed by atoms with van der Waals surface area (Å²) >= 11 is 0. The monoisotopic (exact) mass is 242 g/mol. The summed E-state index contributed by atoms with van der Waals surface area (Å²) in [5, 5.41) is 3.37. The summed E-state index contributed by atoms with van der Waals surface area (Å²) in [7, 11) is 0. The van der Waals surface area contributed by atoms with Crippen molar-refractivity contribution in [1.82, 2.24) is 10.2 Å². The van der Waals surface area contributed by atoms with Crippen molar-refractivity contribution in [3.05, 3.63) is 0 Å². The van der Waals surface area contributed by atoms with Crippen molar-refractivity contribution in [2.45, 2.75) is 65.1 Å². The maximum absolute atomic E-state index is 12.3. The normalized spacial score (nSPS) is 24.6. The highest BCUT2D eigenvalue weighted by molar-refractivity contribution is 5.70. The highest BCUT2D eigenvalue weighted by Crippen LogP contribution is 2.25. The van der Waals surface area contributed by atoms with Crippen LogP contribution in [0, 0.1) is 0 Å². The summed E-state index contributed by atoms with van der Waals surface area (Å²) in [6.45, 7) is 13.6. The van der Waals surface area contributed by atoms with E-state index in [9.17, 15) is 4.79 Å². The molecule has 1 atom stereocenters. The third-order valence-electron chi connectivity index (χ3n) is 3.02. The lowest BCUT2D eigenvalue weighted by molar-refractivity contribution is -0.0213. The Morgan fingerprint density at radius 2 is 2.06 bits per heavy atom. The van der Waals surface area contributed by atoms with Gasteiger partial charge in [0.15, 0.2) is 0 Å². The largest absolute Gasteiger partial charge is 0.444 e. The first-order chi connectivity index (χ1) is 7.67. The molecule has 0 aromatic carbocycles. The average molecular weight is 242 g/mol. The van der Waals surface area contributed by atoms with Crippen LogP contribution in [0.5, 0.6) is 0 Å². The highest BCUT2D eigenvalue weighted by atomic mass is 16.6. The molecule has 1 amide bonds. The first-order valence-corrected chi connectivity index (χ1v) is 6.40. The number of rotatable bonds is 1. The van der Waals surface area contributed by atoms with Crippen molar-refractivity contribution in [1.29, 1.82) is 0 Å². The Hall–Kier alpha value is -0.770. The summed E-state index contributed by atoms with van der Waals surface area (Å²) in [5.74, 6) is 0. The number of carbonyl (C=O) groups is 1. The van der Waals surface area contributed by atoms with Gasteiger partial charge in [0.2, 0.25) is 0 Å². The van der Waals surface area contributed by atoms with Gasteiger partial charge in [-0.2, -0.15) is 0 Å². The number of nitrogens with zero attached hydrogens (tertiary/aromatic N) is 1. The van der Waals surface area contributed by atoms with Crippen molar-refractivity contribution >= 4 is 6.09 Å². The molecule has 0 spiro atoms. The van der Waals surface area contributed by atoms with Gasteiger partial charge in [-0.1, -0.05) is 6.92 Å². The van der Waals surface area contributed by atoms with Gasteiger partial charge in [-0.25, -0.2) is 4.79 Å². The quantitative estimate of drug-likeness (QED) is 0.767. The Bertz CT molecular complexity index is 282. The van der Waals surface area contributed by atoms with Crippen molar-refractivity contribution in [3.8, 4) is 0 Å². The van der Waals surface area contributed by atoms with Gasteiger partial charge in [-0.15, -0.1) is 0 Å². The molecule has 4 nitrogen and oxygen atoms in total. The Kier molecular flexibility index (Phi) is 4.07. The lowest BCUT2D eigenvalue weighted by atomic mass is 9.96. The van der Waals surface area contributed by atoms with E-state index in [1.807, 2.05) is 25.7 Å². The molecule has 1 N–H and O–H groups in total. The molecule has 0 saturated carbocycles. The summed E-state index contributed by atoms with van der Waals surface area (Å²) in [4.78, 5) is 14.2. The van der Waals surface area contributed by atoms with E-state index >= 15 is 0 Å². The van der Waals surface area contributed by atoms with Crippen LogP contribution in [0.15, 0.2) is 0 Å². The molecule has 1 rings (SSSR count). The van der Waals surface area contributed by atoms with Crippen LogP contribution < -0.4 is 5.32 Å².